The number of rotatable bonds is 8. The van der Waals surface area contributed by atoms with E-state index in [0.29, 0.717) is 6.42 Å². The van der Waals surface area contributed by atoms with Crippen molar-refractivity contribution in [2.75, 3.05) is 0 Å². The van der Waals surface area contributed by atoms with Crippen LogP contribution in [0.25, 0.3) is 11.1 Å². The minimum atomic E-state index is -1.71. The highest BCUT2D eigenvalue weighted by atomic mass is 28.4. The van der Waals surface area contributed by atoms with E-state index in [1.165, 1.54) is 41.5 Å². The SMILES string of the molecule is CCc1ccc(-c2ccc(C(CC)(CC)c3ccc(C#CC4(O[Si](C)(C)C)CCCCC4)c(C)c3)cc2C)cc1F. The van der Waals surface area contributed by atoms with Gasteiger partial charge in [-0.25, -0.2) is 4.39 Å². The lowest BCUT2D eigenvalue weighted by Gasteiger charge is -2.38. The van der Waals surface area contributed by atoms with Gasteiger partial charge in [0.05, 0.1) is 0 Å². The fraction of sp³-hybridized carbons (Fsp3) is 0.474. The summed E-state index contributed by atoms with van der Waals surface area (Å²) in [5.41, 5.74) is 8.57. The molecule has 1 nitrogen and oxygen atoms in total. The van der Waals surface area contributed by atoms with Gasteiger partial charge in [-0.2, -0.15) is 0 Å². The Bertz CT molecular complexity index is 1420. The van der Waals surface area contributed by atoms with Gasteiger partial charge in [0.25, 0.3) is 0 Å². The molecule has 1 fully saturated rings. The van der Waals surface area contributed by atoms with Gasteiger partial charge in [-0.05, 0) is 130 Å². The normalized spacial score (nSPS) is 15.3. The Hall–Kier alpha value is -2.67. The second-order valence-corrected chi connectivity index (χ2v) is 17.5. The van der Waals surface area contributed by atoms with Crippen molar-refractivity contribution in [1.29, 1.82) is 0 Å². The minimum Gasteiger partial charge on any atom is -0.402 e. The fourth-order valence-corrected chi connectivity index (χ4v) is 8.19. The highest BCUT2D eigenvalue weighted by Gasteiger charge is 2.36. The van der Waals surface area contributed by atoms with Crippen molar-refractivity contribution in [3.8, 4) is 23.0 Å². The van der Waals surface area contributed by atoms with Crippen molar-refractivity contribution in [1.82, 2.24) is 0 Å². The Morgan fingerprint density at radius 1 is 0.829 bits per heavy atom. The van der Waals surface area contributed by atoms with Gasteiger partial charge in [0.2, 0.25) is 0 Å². The van der Waals surface area contributed by atoms with Crippen LogP contribution >= 0.6 is 0 Å². The Labute approximate surface area is 250 Å². The van der Waals surface area contributed by atoms with Crippen LogP contribution in [-0.4, -0.2) is 13.9 Å². The molecule has 0 unspecified atom stereocenters. The average Bonchev–Trinajstić information content (AvgIpc) is 2.93. The number of hydrogen-bond donors (Lipinski definition) is 0. The van der Waals surface area contributed by atoms with Gasteiger partial charge in [-0.1, -0.05) is 81.5 Å². The Morgan fingerprint density at radius 3 is 2.00 bits per heavy atom. The molecule has 0 bridgehead atoms. The van der Waals surface area contributed by atoms with E-state index in [-0.39, 0.29) is 16.8 Å². The molecule has 0 amide bonds. The van der Waals surface area contributed by atoms with Gasteiger partial charge < -0.3 is 4.43 Å². The molecule has 0 spiro atoms. The van der Waals surface area contributed by atoms with Crippen LogP contribution in [-0.2, 0) is 16.3 Å². The molecular weight excluding hydrogens is 520 g/mol. The van der Waals surface area contributed by atoms with Crippen LogP contribution in [0.15, 0.2) is 54.6 Å². The predicted octanol–water partition coefficient (Wildman–Crippen LogP) is 10.7. The zero-order valence-corrected chi connectivity index (χ0v) is 27.6. The van der Waals surface area contributed by atoms with Crippen LogP contribution in [0, 0.1) is 31.5 Å². The van der Waals surface area contributed by atoms with E-state index in [1.807, 2.05) is 19.1 Å². The van der Waals surface area contributed by atoms with Crippen molar-refractivity contribution in [3.05, 3.63) is 93.8 Å². The second-order valence-electron chi connectivity index (χ2n) is 13.0. The summed E-state index contributed by atoms with van der Waals surface area (Å²) in [5, 5.41) is 0. The Kier molecular flexibility index (Phi) is 9.67. The standard InChI is InChI=1S/C38H49FOSi/c1-9-30-15-16-32(27-36(30)39)35-20-19-34(26-29(35)5)38(10-2,11-3)33-18-17-31(28(4)25-33)21-24-37(40-41(6,7)8)22-13-12-14-23-37/h15-20,25-27H,9-14,22-23H2,1-8H3. The fourth-order valence-electron chi connectivity index (χ4n) is 6.76. The molecule has 3 aromatic carbocycles. The van der Waals surface area contributed by atoms with Crippen LogP contribution in [0.4, 0.5) is 4.39 Å². The maximum atomic E-state index is 14.6. The van der Waals surface area contributed by atoms with Gasteiger partial charge in [0.1, 0.15) is 11.4 Å². The monoisotopic (exact) mass is 568 g/mol. The molecule has 41 heavy (non-hydrogen) atoms. The van der Waals surface area contributed by atoms with Gasteiger partial charge in [0, 0.05) is 11.0 Å². The highest BCUT2D eigenvalue weighted by Crippen LogP contribution is 2.41. The summed E-state index contributed by atoms with van der Waals surface area (Å²) in [6.07, 6.45) is 8.47. The first-order chi connectivity index (χ1) is 19.5. The first kappa shape index (κ1) is 31.3. The first-order valence-electron chi connectivity index (χ1n) is 15.7. The van der Waals surface area contributed by atoms with Crippen molar-refractivity contribution in [2.45, 2.75) is 117 Å². The zero-order chi connectivity index (χ0) is 29.8. The van der Waals surface area contributed by atoms with E-state index in [1.54, 1.807) is 6.07 Å². The molecule has 218 valence electrons. The van der Waals surface area contributed by atoms with E-state index >= 15 is 0 Å². The molecule has 0 radical (unpaired) electrons. The summed E-state index contributed by atoms with van der Waals surface area (Å²) in [6.45, 7) is 17.7. The molecule has 4 rings (SSSR count). The third kappa shape index (κ3) is 6.87. The molecule has 0 N–H and O–H groups in total. The molecule has 1 saturated carbocycles. The molecule has 1 aliphatic carbocycles. The second kappa shape index (κ2) is 12.7. The lowest BCUT2D eigenvalue weighted by molar-refractivity contribution is 0.0796. The predicted molar refractivity (Wildman–Crippen MR) is 176 cm³/mol. The lowest BCUT2D eigenvalue weighted by atomic mass is 9.69. The van der Waals surface area contributed by atoms with Crippen molar-refractivity contribution < 1.29 is 8.82 Å². The van der Waals surface area contributed by atoms with Crippen molar-refractivity contribution in [3.63, 3.8) is 0 Å². The number of benzene rings is 3. The van der Waals surface area contributed by atoms with Crippen LogP contribution in [0.1, 0.15) is 99.1 Å². The topological polar surface area (TPSA) is 9.23 Å². The maximum absolute atomic E-state index is 14.6. The maximum Gasteiger partial charge on any atom is 0.185 e. The van der Waals surface area contributed by atoms with E-state index in [0.717, 1.165) is 47.9 Å². The Morgan fingerprint density at radius 2 is 1.46 bits per heavy atom. The third-order valence-corrected chi connectivity index (χ3v) is 10.1. The number of halogens is 1. The zero-order valence-electron chi connectivity index (χ0n) is 26.6. The minimum absolute atomic E-state index is 0.0944. The average molecular weight is 569 g/mol. The summed E-state index contributed by atoms with van der Waals surface area (Å²) in [5.74, 6) is 7.09. The van der Waals surface area contributed by atoms with E-state index in [4.69, 9.17) is 4.43 Å². The first-order valence-corrected chi connectivity index (χ1v) is 19.1. The van der Waals surface area contributed by atoms with Gasteiger partial charge >= 0.3 is 0 Å². The molecule has 3 aromatic rings. The van der Waals surface area contributed by atoms with Crippen LogP contribution in [0.2, 0.25) is 19.6 Å². The van der Waals surface area contributed by atoms with Gasteiger partial charge in [-0.3, -0.25) is 0 Å². The number of hydrogen-bond acceptors (Lipinski definition) is 1. The summed E-state index contributed by atoms with van der Waals surface area (Å²) in [6, 6.07) is 19.3. The summed E-state index contributed by atoms with van der Waals surface area (Å²) < 4.78 is 21.3. The smallest absolute Gasteiger partial charge is 0.185 e. The summed E-state index contributed by atoms with van der Waals surface area (Å²) >= 11 is 0. The molecule has 1 aliphatic rings. The molecule has 0 aromatic heterocycles. The lowest BCUT2D eigenvalue weighted by Crippen LogP contribution is -2.43. The van der Waals surface area contributed by atoms with Gasteiger partial charge in [-0.15, -0.1) is 0 Å². The van der Waals surface area contributed by atoms with Crippen molar-refractivity contribution >= 4 is 8.32 Å². The quantitative estimate of drug-likeness (QED) is 0.194. The number of aryl methyl sites for hydroxylation is 3. The van der Waals surface area contributed by atoms with E-state index in [2.05, 4.69) is 95.6 Å². The van der Waals surface area contributed by atoms with Crippen LogP contribution < -0.4 is 0 Å². The van der Waals surface area contributed by atoms with Crippen LogP contribution in [0.3, 0.4) is 0 Å². The molecule has 3 heteroatoms. The molecular formula is C38H49FOSi. The van der Waals surface area contributed by atoms with E-state index < -0.39 is 8.32 Å². The third-order valence-electron chi connectivity index (χ3n) is 9.10. The molecule has 0 atom stereocenters. The Balaban J connectivity index is 1.68. The molecule has 0 heterocycles. The summed E-state index contributed by atoms with van der Waals surface area (Å²) in [7, 11) is -1.71. The van der Waals surface area contributed by atoms with Crippen LogP contribution in [0.5, 0.6) is 0 Å². The molecule has 0 saturated heterocycles. The van der Waals surface area contributed by atoms with Crippen molar-refractivity contribution in [2.24, 2.45) is 0 Å². The largest absolute Gasteiger partial charge is 0.402 e. The molecule has 0 aliphatic heterocycles. The van der Waals surface area contributed by atoms with E-state index in [9.17, 15) is 4.39 Å². The van der Waals surface area contributed by atoms with Gasteiger partial charge in [0.15, 0.2) is 8.32 Å². The summed E-state index contributed by atoms with van der Waals surface area (Å²) in [4.78, 5) is 0. The highest BCUT2D eigenvalue weighted by molar-refractivity contribution is 6.69.